The summed E-state index contributed by atoms with van der Waals surface area (Å²) in [6.45, 7) is 0. The van der Waals surface area contributed by atoms with Crippen LogP contribution in [0.1, 0.15) is 10.4 Å². The number of rotatable bonds is 3. The number of nitrogens with two attached hydrogens (primary N) is 1. The number of aromatic amines is 1. The van der Waals surface area contributed by atoms with E-state index in [1.165, 1.54) is 7.11 Å². The molecule has 2 rings (SSSR count). The number of carbonyl (C=O) groups is 1. The minimum absolute atomic E-state index is 0.240. The van der Waals surface area contributed by atoms with Crippen LogP contribution < -0.4 is 10.5 Å². The molecule has 0 spiro atoms. The van der Waals surface area contributed by atoms with Crippen molar-refractivity contribution in [2.24, 2.45) is 0 Å². The molecule has 0 bridgehead atoms. The first-order valence-corrected chi connectivity index (χ1v) is 5.85. The number of anilines is 1. The smallest absolute Gasteiger partial charge is 0.341 e. The molecule has 1 aromatic heterocycles. The number of ether oxygens (including phenoxy) is 2. The Bertz CT molecular complexity index is 622. The van der Waals surface area contributed by atoms with Gasteiger partial charge < -0.3 is 20.2 Å². The SMILES string of the molecule is COC(=O)c1cc(-c2cc(Cl)ccc2OC)[nH]c1N. The second-order valence-electron chi connectivity index (χ2n) is 3.85. The van der Waals surface area contributed by atoms with E-state index in [0.717, 1.165) is 5.56 Å². The molecular formula is C13H13ClN2O3. The van der Waals surface area contributed by atoms with Crippen molar-refractivity contribution in [3.63, 3.8) is 0 Å². The first kappa shape index (κ1) is 13.3. The van der Waals surface area contributed by atoms with E-state index in [9.17, 15) is 4.79 Å². The molecule has 1 aromatic carbocycles. The average Bonchev–Trinajstić information content (AvgIpc) is 2.79. The molecule has 3 N–H and O–H groups in total. The largest absolute Gasteiger partial charge is 0.496 e. The number of nitrogens with one attached hydrogen (secondary N) is 1. The molecule has 0 aliphatic rings. The Balaban J connectivity index is 2.53. The predicted octanol–water partition coefficient (Wildman–Crippen LogP) is 2.71. The molecule has 100 valence electrons. The predicted molar refractivity (Wildman–Crippen MR) is 73.5 cm³/mol. The molecule has 6 heteroatoms. The fourth-order valence-corrected chi connectivity index (χ4v) is 1.96. The van der Waals surface area contributed by atoms with Crippen LogP contribution in [0.4, 0.5) is 5.82 Å². The summed E-state index contributed by atoms with van der Waals surface area (Å²) in [6.07, 6.45) is 0. The van der Waals surface area contributed by atoms with E-state index < -0.39 is 5.97 Å². The highest BCUT2D eigenvalue weighted by Gasteiger charge is 2.17. The number of nitrogen functional groups attached to an aromatic ring is 1. The number of aromatic nitrogens is 1. The maximum Gasteiger partial charge on any atom is 0.341 e. The third kappa shape index (κ3) is 2.51. The van der Waals surface area contributed by atoms with Crippen molar-refractivity contribution in [1.82, 2.24) is 4.98 Å². The third-order valence-corrected chi connectivity index (χ3v) is 2.94. The molecule has 0 saturated carbocycles. The fourth-order valence-electron chi connectivity index (χ4n) is 1.79. The summed E-state index contributed by atoms with van der Waals surface area (Å²) in [4.78, 5) is 14.4. The number of carbonyl (C=O) groups excluding carboxylic acids is 1. The van der Waals surface area contributed by atoms with Crippen LogP contribution in [0, 0.1) is 0 Å². The summed E-state index contributed by atoms with van der Waals surface area (Å²) in [5, 5.41) is 0.559. The van der Waals surface area contributed by atoms with Crippen molar-refractivity contribution in [3.8, 4) is 17.0 Å². The van der Waals surface area contributed by atoms with Gasteiger partial charge in [0.1, 0.15) is 17.1 Å². The van der Waals surface area contributed by atoms with Crippen molar-refractivity contribution >= 4 is 23.4 Å². The number of methoxy groups -OCH3 is 2. The number of halogens is 1. The van der Waals surface area contributed by atoms with Gasteiger partial charge in [-0.3, -0.25) is 0 Å². The quantitative estimate of drug-likeness (QED) is 0.848. The van der Waals surface area contributed by atoms with Gasteiger partial charge in [-0.1, -0.05) is 11.6 Å². The van der Waals surface area contributed by atoms with Crippen molar-refractivity contribution < 1.29 is 14.3 Å². The Morgan fingerprint density at radius 2 is 2.05 bits per heavy atom. The number of H-pyrrole nitrogens is 1. The summed E-state index contributed by atoms with van der Waals surface area (Å²) in [5.41, 5.74) is 7.39. The van der Waals surface area contributed by atoms with Gasteiger partial charge in [-0.15, -0.1) is 0 Å². The van der Waals surface area contributed by atoms with E-state index in [1.807, 2.05) is 0 Å². The lowest BCUT2D eigenvalue weighted by Gasteiger charge is -2.07. The summed E-state index contributed by atoms with van der Waals surface area (Å²) in [7, 11) is 2.86. The lowest BCUT2D eigenvalue weighted by molar-refractivity contribution is 0.0602. The summed E-state index contributed by atoms with van der Waals surface area (Å²) in [5.74, 6) is 0.368. The Kier molecular flexibility index (Phi) is 3.66. The highest BCUT2D eigenvalue weighted by Crippen LogP contribution is 2.33. The monoisotopic (exact) mass is 280 g/mol. The van der Waals surface area contributed by atoms with E-state index in [1.54, 1.807) is 31.4 Å². The molecule has 5 nitrogen and oxygen atoms in total. The Morgan fingerprint density at radius 3 is 2.68 bits per heavy atom. The van der Waals surface area contributed by atoms with E-state index in [4.69, 9.17) is 22.1 Å². The second kappa shape index (κ2) is 5.24. The van der Waals surface area contributed by atoms with Crippen molar-refractivity contribution in [1.29, 1.82) is 0 Å². The zero-order valence-corrected chi connectivity index (χ0v) is 11.2. The van der Waals surface area contributed by atoms with Crippen LogP contribution in [0.3, 0.4) is 0 Å². The number of hydrogen-bond donors (Lipinski definition) is 2. The van der Waals surface area contributed by atoms with Gasteiger partial charge in [-0.05, 0) is 24.3 Å². The van der Waals surface area contributed by atoms with E-state index >= 15 is 0 Å². The first-order valence-electron chi connectivity index (χ1n) is 5.47. The lowest BCUT2D eigenvalue weighted by atomic mass is 10.1. The van der Waals surface area contributed by atoms with Crippen molar-refractivity contribution in [3.05, 3.63) is 34.9 Å². The summed E-state index contributed by atoms with van der Waals surface area (Å²) >= 11 is 5.97. The molecular weight excluding hydrogens is 268 g/mol. The van der Waals surface area contributed by atoms with Gasteiger partial charge in [0.05, 0.1) is 19.9 Å². The van der Waals surface area contributed by atoms with Gasteiger partial charge >= 0.3 is 5.97 Å². The number of hydrogen-bond acceptors (Lipinski definition) is 4. The zero-order valence-electron chi connectivity index (χ0n) is 10.5. The minimum Gasteiger partial charge on any atom is -0.496 e. The van der Waals surface area contributed by atoms with Crippen LogP contribution in [-0.2, 0) is 4.74 Å². The minimum atomic E-state index is -0.499. The van der Waals surface area contributed by atoms with E-state index in [-0.39, 0.29) is 11.4 Å². The maximum atomic E-state index is 11.5. The molecule has 0 amide bonds. The van der Waals surface area contributed by atoms with Crippen molar-refractivity contribution in [2.75, 3.05) is 20.0 Å². The molecule has 0 atom stereocenters. The maximum absolute atomic E-state index is 11.5. The Morgan fingerprint density at radius 1 is 1.32 bits per heavy atom. The molecule has 1 heterocycles. The molecule has 0 aliphatic carbocycles. The standard InChI is InChI=1S/C13H13ClN2O3/c1-18-11-4-3-7(14)5-8(11)10-6-9(12(15)16-10)13(17)19-2/h3-6,16H,15H2,1-2H3. The highest BCUT2D eigenvalue weighted by molar-refractivity contribution is 6.31. The van der Waals surface area contributed by atoms with Gasteiger partial charge in [-0.25, -0.2) is 4.79 Å². The fraction of sp³-hybridized carbons (Fsp3) is 0.154. The summed E-state index contributed by atoms with van der Waals surface area (Å²) in [6, 6.07) is 6.80. The zero-order chi connectivity index (χ0) is 14.0. The Labute approximate surface area is 115 Å². The average molecular weight is 281 g/mol. The van der Waals surface area contributed by atoms with Crippen molar-refractivity contribution in [2.45, 2.75) is 0 Å². The molecule has 0 saturated heterocycles. The highest BCUT2D eigenvalue weighted by atomic mass is 35.5. The van der Waals surface area contributed by atoms with Gasteiger partial charge in [0.15, 0.2) is 0 Å². The van der Waals surface area contributed by atoms with Crippen LogP contribution in [0.25, 0.3) is 11.3 Å². The summed E-state index contributed by atoms with van der Waals surface area (Å²) < 4.78 is 9.91. The van der Waals surface area contributed by atoms with Gasteiger partial charge in [0.2, 0.25) is 0 Å². The second-order valence-corrected chi connectivity index (χ2v) is 4.28. The molecule has 0 aliphatic heterocycles. The normalized spacial score (nSPS) is 10.3. The van der Waals surface area contributed by atoms with Crippen LogP contribution >= 0.6 is 11.6 Å². The molecule has 0 radical (unpaired) electrons. The van der Waals surface area contributed by atoms with Crippen LogP contribution in [0.15, 0.2) is 24.3 Å². The van der Waals surface area contributed by atoms with Crippen LogP contribution in [0.5, 0.6) is 5.75 Å². The first-order chi connectivity index (χ1) is 9.06. The number of esters is 1. The van der Waals surface area contributed by atoms with Crippen LogP contribution in [0.2, 0.25) is 5.02 Å². The molecule has 2 aromatic rings. The Hall–Kier alpha value is -2.14. The number of benzene rings is 1. The van der Waals surface area contributed by atoms with Gasteiger partial charge in [0, 0.05) is 10.6 Å². The molecule has 19 heavy (non-hydrogen) atoms. The lowest BCUT2D eigenvalue weighted by Crippen LogP contribution is -2.02. The van der Waals surface area contributed by atoms with Gasteiger partial charge in [-0.2, -0.15) is 0 Å². The third-order valence-electron chi connectivity index (χ3n) is 2.71. The van der Waals surface area contributed by atoms with E-state index in [2.05, 4.69) is 9.72 Å². The van der Waals surface area contributed by atoms with E-state index in [0.29, 0.717) is 16.5 Å². The topological polar surface area (TPSA) is 77.3 Å². The van der Waals surface area contributed by atoms with Gasteiger partial charge in [0.25, 0.3) is 0 Å². The molecule has 0 unspecified atom stereocenters. The van der Waals surface area contributed by atoms with Crippen LogP contribution in [-0.4, -0.2) is 25.2 Å². The molecule has 0 fully saturated rings.